The molecule has 0 radical (unpaired) electrons. The van der Waals surface area contributed by atoms with Gasteiger partial charge >= 0.3 is 0 Å². The third kappa shape index (κ3) is 5.90. The van der Waals surface area contributed by atoms with Crippen molar-refractivity contribution < 1.29 is 9.92 Å². The van der Waals surface area contributed by atoms with Gasteiger partial charge in [0.05, 0.1) is 12.1 Å². The zero-order chi connectivity index (χ0) is 16.5. The van der Waals surface area contributed by atoms with Gasteiger partial charge in [0.2, 0.25) is 0 Å². The van der Waals surface area contributed by atoms with Crippen LogP contribution < -0.4 is 5.32 Å². The molecule has 2 aromatic rings. The fraction of sp³-hybridized carbons (Fsp3) is 0.438. The van der Waals surface area contributed by atoms with Crippen molar-refractivity contribution in [1.29, 1.82) is 0 Å². The second-order valence-corrected chi connectivity index (χ2v) is 5.71. The summed E-state index contributed by atoms with van der Waals surface area (Å²) in [7, 11) is 0. The first kappa shape index (κ1) is 17.3. The van der Waals surface area contributed by atoms with E-state index in [4.69, 9.17) is 11.6 Å². The Morgan fingerprint density at radius 2 is 1.96 bits per heavy atom. The Hall–Kier alpha value is -2.08. The van der Waals surface area contributed by atoms with Gasteiger partial charge in [-0.05, 0) is 37.1 Å². The highest BCUT2D eigenvalue weighted by molar-refractivity contribution is 6.31. The number of pyridine rings is 1. The van der Waals surface area contributed by atoms with E-state index in [1.165, 1.54) is 0 Å². The molecule has 0 atom stereocenters. The lowest BCUT2D eigenvalue weighted by Gasteiger charge is -2.09. The third-order valence-corrected chi connectivity index (χ3v) is 3.77. The number of anilines is 1. The van der Waals surface area contributed by atoms with Crippen LogP contribution >= 0.6 is 11.6 Å². The normalized spacial score (nSPS) is 10.7. The number of halogens is 1. The van der Waals surface area contributed by atoms with E-state index in [9.17, 15) is 10.1 Å². The van der Waals surface area contributed by atoms with Crippen LogP contribution in [-0.4, -0.2) is 23.2 Å². The molecule has 0 fully saturated rings. The van der Waals surface area contributed by atoms with Gasteiger partial charge in [-0.25, -0.2) is 0 Å². The molecule has 6 nitrogen and oxygen atoms in total. The van der Waals surface area contributed by atoms with Crippen molar-refractivity contribution in [3.8, 4) is 0 Å². The van der Waals surface area contributed by atoms with Gasteiger partial charge in [-0.1, -0.05) is 30.9 Å². The van der Waals surface area contributed by atoms with Crippen LogP contribution in [0.1, 0.15) is 32.1 Å². The number of benzene rings is 1. The van der Waals surface area contributed by atoms with Crippen molar-refractivity contribution >= 4 is 28.2 Å². The van der Waals surface area contributed by atoms with E-state index in [2.05, 4.69) is 15.1 Å². The Kier molecular flexibility index (Phi) is 6.87. The summed E-state index contributed by atoms with van der Waals surface area (Å²) in [5, 5.41) is 14.4. The van der Waals surface area contributed by atoms with Gasteiger partial charge in [-0.2, -0.15) is 0 Å². The number of rotatable bonds is 10. The zero-order valence-corrected chi connectivity index (χ0v) is 13.6. The maximum absolute atomic E-state index is 9.98. The number of nitrogens with zero attached hydrogens (tertiary/aromatic N) is 2. The molecule has 1 N–H and O–H groups in total. The predicted octanol–water partition coefficient (Wildman–Crippen LogP) is 4.46. The average molecular weight is 338 g/mol. The second-order valence-electron chi connectivity index (χ2n) is 5.27. The monoisotopic (exact) mass is 337 g/mol. The van der Waals surface area contributed by atoms with Crippen LogP contribution in [0.4, 0.5) is 5.69 Å². The number of hydrogen-bond acceptors (Lipinski definition) is 5. The highest BCUT2D eigenvalue weighted by Gasteiger charge is 2.02. The molecule has 0 unspecified atom stereocenters. The smallest absolute Gasteiger partial charge is 0.294 e. The maximum atomic E-state index is 9.98. The van der Waals surface area contributed by atoms with Gasteiger partial charge in [-0.3, -0.25) is 4.98 Å². The largest absolute Gasteiger partial charge is 0.384 e. The summed E-state index contributed by atoms with van der Waals surface area (Å²) in [4.78, 5) is 18.6. The highest BCUT2D eigenvalue weighted by Crippen LogP contribution is 2.24. The Morgan fingerprint density at radius 1 is 1.17 bits per heavy atom. The number of aromatic nitrogens is 1. The lowest BCUT2D eigenvalue weighted by atomic mass is 10.1. The van der Waals surface area contributed by atoms with Gasteiger partial charge in [0, 0.05) is 28.8 Å². The molecule has 7 heteroatoms. The van der Waals surface area contributed by atoms with Crippen LogP contribution in [0.5, 0.6) is 0 Å². The van der Waals surface area contributed by atoms with E-state index >= 15 is 0 Å². The molecule has 2 rings (SSSR count). The first-order valence-electron chi connectivity index (χ1n) is 7.72. The van der Waals surface area contributed by atoms with Crippen LogP contribution in [0.25, 0.3) is 10.9 Å². The molecule has 0 aliphatic rings. The minimum atomic E-state index is -0.740. The van der Waals surface area contributed by atoms with Crippen molar-refractivity contribution in [3.63, 3.8) is 0 Å². The quantitative estimate of drug-likeness (QED) is 0.393. The van der Waals surface area contributed by atoms with Crippen LogP contribution in [0.15, 0.2) is 30.5 Å². The lowest BCUT2D eigenvalue weighted by Crippen LogP contribution is -2.03. The number of fused-ring (bicyclic) bond motifs is 1. The van der Waals surface area contributed by atoms with Crippen molar-refractivity contribution in [2.45, 2.75) is 32.1 Å². The molecule has 0 bridgehead atoms. The standard InChI is InChI=1S/C16H20ClN3O3/c17-13-6-7-14-15(8-10-19-16(14)12-13)18-9-4-2-1-3-5-11-23-20(21)22/h6-8,10,12H,1-5,9,11H2,(H,18,19). The zero-order valence-electron chi connectivity index (χ0n) is 12.8. The van der Waals surface area contributed by atoms with Gasteiger partial charge in [-0.15, -0.1) is 10.1 Å². The predicted molar refractivity (Wildman–Crippen MR) is 91.3 cm³/mol. The van der Waals surface area contributed by atoms with E-state index in [1.807, 2.05) is 24.3 Å². The van der Waals surface area contributed by atoms with E-state index in [-0.39, 0.29) is 6.61 Å². The fourth-order valence-electron chi connectivity index (χ4n) is 2.39. The van der Waals surface area contributed by atoms with Crippen LogP contribution in [0.3, 0.4) is 0 Å². The van der Waals surface area contributed by atoms with Crippen LogP contribution in [0.2, 0.25) is 5.02 Å². The van der Waals surface area contributed by atoms with Crippen molar-refractivity contribution in [2.75, 3.05) is 18.5 Å². The third-order valence-electron chi connectivity index (χ3n) is 3.54. The number of unbranched alkanes of at least 4 members (excludes halogenated alkanes) is 4. The molecule has 1 aromatic carbocycles. The molecule has 124 valence electrons. The van der Waals surface area contributed by atoms with E-state index in [0.717, 1.165) is 55.2 Å². The van der Waals surface area contributed by atoms with E-state index in [1.54, 1.807) is 6.20 Å². The van der Waals surface area contributed by atoms with E-state index in [0.29, 0.717) is 5.02 Å². The Labute approximate surface area is 139 Å². The topological polar surface area (TPSA) is 77.3 Å². The van der Waals surface area contributed by atoms with Crippen LogP contribution in [0, 0.1) is 10.1 Å². The molecule has 0 saturated carbocycles. The summed E-state index contributed by atoms with van der Waals surface area (Å²) in [5.41, 5.74) is 1.94. The van der Waals surface area contributed by atoms with Gasteiger partial charge in [0.15, 0.2) is 0 Å². The Morgan fingerprint density at radius 3 is 2.78 bits per heavy atom. The van der Waals surface area contributed by atoms with Crippen LogP contribution in [-0.2, 0) is 4.84 Å². The molecular weight excluding hydrogens is 318 g/mol. The highest BCUT2D eigenvalue weighted by atomic mass is 35.5. The van der Waals surface area contributed by atoms with Gasteiger partial charge < -0.3 is 10.2 Å². The first-order valence-corrected chi connectivity index (χ1v) is 8.10. The summed E-state index contributed by atoms with van der Waals surface area (Å²) in [6.45, 7) is 1.07. The molecule has 0 saturated heterocycles. The Bertz CT molecular complexity index is 652. The summed E-state index contributed by atoms with van der Waals surface area (Å²) in [5.74, 6) is 0. The van der Waals surface area contributed by atoms with Crippen molar-refractivity contribution in [3.05, 3.63) is 45.6 Å². The van der Waals surface area contributed by atoms with Crippen molar-refractivity contribution in [2.24, 2.45) is 0 Å². The molecule has 0 aliphatic carbocycles. The molecule has 0 aliphatic heterocycles. The molecular formula is C16H20ClN3O3. The summed E-state index contributed by atoms with van der Waals surface area (Å²) in [6.07, 6.45) is 6.63. The average Bonchev–Trinajstić information content (AvgIpc) is 2.52. The summed E-state index contributed by atoms with van der Waals surface area (Å²) in [6, 6.07) is 7.66. The molecule has 1 heterocycles. The molecule has 23 heavy (non-hydrogen) atoms. The Balaban J connectivity index is 1.66. The molecule has 1 aromatic heterocycles. The van der Waals surface area contributed by atoms with Gasteiger partial charge in [0.1, 0.15) is 0 Å². The summed E-state index contributed by atoms with van der Waals surface area (Å²) >= 11 is 5.98. The summed E-state index contributed by atoms with van der Waals surface area (Å²) < 4.78 is 0. The molecule has 0 spiro atoms. The molecule has 0 amide bonds. The second kappa shape index (κ2) is 9.15. The minimum absolute atomic E-state index is 0.191. The maximum Gasteiger partial charge on any atom is 0.294 e. The number of nitrogens with one attached hydrogen (secondary N) is 1. The van der Waals surface area contributed by atoms with E-state index < -0.39 is 5.09 Å². The van der Waals surface area contributed by atoms with Gasteiger partial charge in [0.25, 0.3) is 5.09 Å². The number of hydrogen-bond donors (Lipinski definition) is 1. The lowest BCUT2D eigenvalue weighted by molar-refractivity contribution is -0.757. The minimum Gasteiger partial charge on any atom is -0.384 e. The fourth-order valence-corrected chi connectivity index (χ4v) is 2.56. The SMILES string of the molecule is O=[N+]([O-])OCCCCCCCNc1ccnc2cc(Cl)ccc12. The van der Waals surface area contributed by atoms with Crippen molar-refractivity contribution in [1.82, 2.24) is 4.98 Å². The first-order chi connectivity index (χ1) is 11.2.